The van der Waals surface area contributed by atoms with Crippen molar-refractivity contribution in [2.45, 2.75) is 33.5 Å². The summed E-state index contributed by atoms with van der Waals surface area (Å²) < 4.78 is 0. The minimum absolute atomic E-state index is 1.22. The van der Waals surface area contributed by atoms with E-state index in [2.05, 4.69) is 63.2 Å². The lowest BCUT2D eigenvalue weighted by atomic mass is 10.0. The molecule has 0 atom stereocenters. The Morgan fingerprint density at radius 3 is 1.93 bits per heavy atom. The Kier molecular flexibility index (Phi) is 3.18. The van der Waals surface area contributed by atoms with E-state index >= 15 is 0 Å². The molecule has 74 valence electrons. The van der Waals surface area contributed by atoms with Gasteiger partial charge in [-0.2, -0.15) is 0 Å². The Balaban J connectivity index is 3.13. The van der Waals surface area contributed by atoms with Gasteiger partial charge in [-0.1, -0.05) is 43.8 Å². The molecule has 0 saturated carbocycles. The largest absolute Gasteiger partial charge is 0.129 e. The van der Waals surface area contributed by atoms with Gasteiger partial charge in [-0.3, -0.25) is 0 Å². The lowest BCUT2D eigenvalue weighted by molar-refractivity contribution is 1.35. The average Bonchev–Trinajstić information content (AvgIpc) is 2.01. The summed E-state index contributed by atoms with van der Waals surface area (Å²) in [4.78, 5) is 0. The lowest BCUT2D eigenvalue weighted by Crippen LogP contribution is -2.16. The standard InChI is InChI=1S/C13H18Si/c1-11-7-6-8-12(2)13(11)9-10-14(3,4)5/h6-8H,1-5H3. The van der Waals surface area contributed by atoms with Gasteiger partial charge in [0.15, 0.2) is 0 Å². The number of hydrogen-bond acceptors (Lipinski definition) is 0. The van der Waals surface area contributed by atoms with Crippen molar-refractivity contribution in [3.05, 3.63) is 34.9 Å². The maximum absolute atomic E-state index is 3.41. The number of aryl methyl sites for hydroxylation is 2. The Hall–Kier alpha value is -1.00. The number of hydrogen-bond donors (Lipinski definition) is 0. The monoisotopic (exact) mass is 202 g/mol. The fourth-order valence-corrected chi connectivity index (χ4v) is 1.76. The van der Waals surface area contributed by atoms with Crippen molar-refractivity contribution in [3.63, 3.8) is 0 Å². The molecule has 0 spiro atoms. The van der Waals surface area contributed by atoms with Crippen LogP contribution in [0.25, 0.3) is 0 Å². The molecule has 0 heterocycles. The Labute approximate surface area is 88.4 Å². The van der Waals surface area contributed by atoms with Crippen LogP contribution in [0.4, 0.5) is 0 Å². The zero-order valence-electron chi connectivity index (χ0n) is 9.73. The fraction of sp³-hybridized carbons (Fsp3) is 0.385. The third kappa shape index (κ3) is 3.05. The molecule has 0 aliphatic heterocycles. The van der Waals surface area contributed by atoms with Crippen LogP contribution in [0.15, 0.2) is 18.2 Å². The topological polar surface area (TPSA) is 0 Å². The highest BCUT2D eigenvalue weighted by Crippen LogP contribution is 2.11. The van der Waals surface area contributed by atoms with Crippen LogP contribution in [-0.4, -0.2) is 8.07 Å². The predicted molar refractivity (Wildman–Crippen MR) is 66.1 cm³/mol. The summed E-state index contributed by atoms with van der Waals surface area (Å²) in [6.07, 6.45) is 0. The van der Waals surface area contributed by atoms with Crippen LogP contribution in [0.3, 0.4) is 0 Å². The van der Waals surface area contributed by atoms with Gasteiger partial charge < -0.3 is 0 Å². The lowest BCUT2D eigenvalue weighted by Gasteiger charge is -2.06. The van der Waals surface area contributed by atoms with Crippen LogP contribution in [0.1, 0.15) is 16.7 Å². The first kappa shape index (κ1) is 11.1. The van der Waals surface area contributed by atoms with E-state index in [0.29, 0.717) is 0 Å². The van der Waals surface area contributed by atoms with E-state index in [0.717, 1.165) is 0 Å². The molecule has 0 nitrogen and oxygen atoms in total. The van der Waals surface area contributed by atoms with E-state index in [-0.39, 0.29) is 0 Å². The van der Waals surface area contributed by atoms with Crippen LogP contribution in [0.5, 0.6) is 0 Å². The highest BCUT2D eigenvalue weighted by atomic mass is 28.3. The smallest absolute Gasteiger partial charge is 0.127 e. The third-order valence-corrected chi connectivity index (χ3v) is 2.92. The summed E-state index contributed by atoms with van der Waals surface area (Å²) in [5, 5.41) is 0. The molecule has 1 heteroatoms. The number of rotatable bonds is 0. The summed E-state index contributed by atoms with van der Waals surface area (Å²) >= 11 is 0. The number of benzene rings is 1. The zero-order chi connectivity index (χ0) is 10.8. The van der Waals surface area contributed by atoms with Crippen molar-refractivity contribution in [1.29, 1.82) is 0 Å². The first-order valence-electron chi connectivity index (χ1n) is 4.99. The van der Waals surface area contributed by atoms with Gasteiger partial charge in [0.1, 0.15) is 8.07 Å². The maximum atomic E-state index is 3.41. The molecule has 1 aromatic rings. The molecule has 0 bridgehead atoms. The first-order chi connectivity index (χ1) is 6.40. The van der Waals surface area contributed by atoms with Crippen molar-refractivity contribution in [1.82, 2.24) is 0 Å². The van der Waals surface area contributed by atoms with Crippen LogP contribution in [0.2, 0.25) is 19.6 Å². The van der Waals surface area contributed by atoms with Crippen molar-refractivity contribution in [2.75, 3.05) is 0 Å². The van der Waals surface area contributed by atoms with Crippen LogP contribution >= 0.6 is 0 Å². The van der Waals surface area contributed by atoms with Gasteiger partial charge in [0, 0.05) is 5.56 Å². The van der Waals surface area contributed by atoms with E-state index in [1.807, 2.05) is 0 Å². The van der Waals surface area contributed by atoms with Gasteiger partial charge in [0.05, 0.1) is 0 Å². The van der Waals surface area contributed by atoms with E-state index in [1.165, 1.54) is 16.7 Å². The van der Waals surface area contributed by atoms with E-state index in [4.69, 9.17) is 0 Å². The van der Waals surface area contributed by atoms with Gasteiger partial charge in [0.2, 0.25) is 0 Å². The Morgan fingerprint density at radius 2 is 1.50 bits per heavy atom. The maximum Gasteiger partial charge on any atom is 0.129 e. The summed E-state index contributed by atoms with van der Waals surface area (Å²) in [7, 11) is -1.25. The highest BCUT2D eigenvalue weighted by Gasteiger charge is 2.08. The van der Waals surface area contributed by atoms with Crippen molar-refractivity contribution < 1.29 is 0 Å². The molecule has 14 heavy (non-hydrogen) atoms. The molecule has 0 saturated heterocycles. The second-order valence-electron chi connectivity index (χ2n) is 4.77. The zero-order valence-corrected chi connectivity index (χ0v) is 10.7. The van der Waals surface area contributed by atoms with Crippen molar-refractivity contribution in [2.24, 2.45) is 0 Å². The Morgan fingerprint density at radius 1 is 1.00 bits per heavy atom. The molecule has 0 amide bonds. The fourth-order valence-electron chi connectivity index (χ4n) is 1.26. The second-order valence-corrected chi connectivity index (χ2v) is 9.52. The van der Waals surface area contributed by atoms with Gasteiger partial charge in [0.25, 0.3) is 0 Å². The summed E-state index contributed by atoms with van der Waals surface area (Å²) in [5.74, 6) is 3.33. The SMILES string of the molecule is Cc1cccc(C)c1C#C[Si](C)(C)C. The second kappa shape index (κ2) is 4.02. The van der Waals surface area contributed by atoms with Crippen molar-refractivity contribution >= 4 is 8.07 Å². The van der Waals surface area contributed by atoms with Crippen molar-refractivity contribution in [3.8, 4) is 11.5 Å². The van der Waals surface area contributed by atoms with E-state index in [1.54, 1.807) is 0 Å². The molecule has 1 aromatic carbocycles. The quantitative estimate of drug-likeness (QED) is 0.446. The minimum atomic E-state index is -1.25. The minimum Gasteiger partial charge on any atom is -0.127 e. The first-order valence-corrected chi connectivity index (χ1v) is 8.49. The van der Waals surface area contributed by atoms with E-state index in [9.17, 15) is 0 Å². The molecule has 0 unspecified atom stereocenters. The molecule has 0 N–H and O–H groups in total. The Bertz CT molecular complexity index is 366. The van der Waals surface area contributed by atoms with Gasteiger partial charge >= 0.3 is 0 Å². The molecule has 0 fully saturated rings. The van der Waals surface area contributed by atoms with Gasteiger partial charge in [-0.15, -0.1) is 5.54 Å². The molecule has 0 radical (unpaired) electrons. The average molecular weight is 202 g/mol. The molecular weight excluding hydrogens is 184 g/mol. The summed E-state index contributed by atoms with van der Waals surface area (Å²) in [5.41, 5.74) is 7.20. The normalized spacial score (nSPS) is 10.6. The molecule has 0 aromatic heterocycles. The van der Waals surface area contributed by atoms with Crippen LogP contribution < -0.4 is 0 Å². The molecule has 0 aliphatic rings. The third-order valence-electron chi connectivity index (χ3n) is 2.04. The predicted octanol–water partition coefficient (Wildman–Crippen LogP) is 3.53. The van der Waals surface area contributed by atoms with Crippen LogP contribution in [0, 0.1) is 25.3 Å². The van der Waals surface area contributed by atoms with Crippen LogP contribution in [-0.2, 0) is 0 Å². The molecule has 0 aliphatic carbocycles. The van der Waals surface area contributed by atoms with E-state index < -0.39 is 8.07 Å². The highest BCUT2D eigenvalue weighted by molar-refractivity contribution is 6.83. The molecule has 1 rings (SSSR count). The van der Waals surface area contributed by atoms with Gasteiger partial charge in [-0.25, -0.2) is 0 Å². The summed E-state index contributed by atoms with van der Waals surface area (Å²) in [6, 6.07) is 6.34. The summed E-state index contributed by atoms with van der Waals surface area (Å²) in [6.45, 7) is 11.1. The molecular formula is C13H18Si. The van der Waals surface area contributed by atoms with Gasteiger partial charge in [-0.05, 0) is 25.0 Å².